The van der Waals surface area contributed by atoms with E-state index in [1.807, 2.05) is 68.5 Å². The van der Waals surface area contributed by atoms with Gasteiger partial charge in [-0.2, -0.15) is 0 Å². The Hall–Kier alpha value is -2.05. The van der Waals surface area contributed by atoms with Crippen molar-refractivity contribution in [2.24, 2.45) is 0 Å². The van der Waals surface area contributed by atoms with Crippen LogP contribution in [-0.2, 0) is 11.3 Å². The second kappa shape index (κ2) is 12.3. The van der Waals surface area contributed by atoms with Crippen LogP contribution in [0.2, 0.25) is 0 Å². The third-order valence-electron chi connectivity index (χ3n) is 5.08. The summed E-state index contributed by atoms with van der Waals surface area (Å²) in [6.45, 7) is 10.5. The smallest absolute Gasteiger partial charge is 0.248 e. The first-order valence-electron chi connectivity index (χ1n) is 10.6. The summed E-state index contributed by atoms with van der Waals surface area (Å²) in [4.78, 5) is 12.5. The molecule has 0 bridgehead atoms. The number of halogens is 2. The van der Waals surface area contributed by atoms with Crippen molar-refractivity contribution >= 4 is 30.7 Å². The van der Waals surface area contributed by atoms with Gasteiger partial charge in [0.15, 0.2) is 0 Å². The first-order chi connectivity index (χ1) is 14.3. The maximum atomic E-state index is 12.5. The van der Waals surface area contributed by atoms with Crippen molar-refractivity contribution in [3.8, 4) is 11.5 Å². The molecule has 176 valence electrons. The van der Waals surface area contributed by atoms with Gasteiger partial charge in [0.2, 0.25) is 5.91 Å². The number of hydrogen-bond acceptors (Lipinski definition) is 4. The lowest BCUT2D eigenvalue weighted by Crippen LogP contribution is -2.47. The van der Waals surface area contributed by atoms with Gasteiger partial charge in [0.05, 0.1) is 0 Å². The second-order valence-electron chi connectivity index (χ2n) is 8.88. The van der Waals surface area contributed by atoms with Crippen molar-refractivity contribution in [1.29, 1.82) is 0 Å². The van der Waals surface area contributed by atoms with Crippen molar-refractivity contribution in [3.05, 3.63) is 71.8 Å². The molecule has 0 unspecified atom stereocenters. The summed E-state index contributed by atoms with van der Waals surface area (Å²) in [6.07, 6.45) is 2.90. The van der Waals surface area contributed by atoms with E-state index in [4.69, 9.17) is 4.74 Å². The Kier molecular flexibility index (Phi) is 10.7. The number of amides is 1. The molecule has 1 aliphatic heterocycles. The van der Waals surface area contributed by atoms with Crippen LogP contribution in [0.1, 0.15) is 39.7 Å². The van der Waals surface area contributed by atoms with Crippen LogP contribution in [0.4, 0.5) is 0 Å². The third kappa shape index (κ3) is 8.14. The molecule has 0 atom stereocenters. The van der Waals surface area contributed by atoms with Crippen LogP contribution in [0.3, 0.4) is 0 Å². The van der Waals surface area contributed by atoms with Crippen LogP contribution in [0.5, 0.6) is 11.5 Å². The Labute approximate surface area is 204 Å². The minimum Gasteiger partial charge on any atom is -0.457 e. The van der Waals surface area contributed by atoms with Crippen molar-refractivity contribution in [2.45, 2.75) is 51.7 Å². The van der Waals surface area contributed by atoms with Gasteiger partial charge in [-0.3, -0.25) is 10.1 Å². The molecule has 5 nitrogen and oxygen atoms in total. The summed E-state index contributed by atoms with van der Waals surface area (Å²) >= 11 is 0. The molecule has 32 heavy (non-hydrogen) atoms. The van der Waals surface area contributed by atoms with Crippen LogP contribution in [0, 0.1) is 0 Å². The zero-order valence-electron chi connectivity index (χ0n) is 19.2. The Bertz CT molecular complexity index is 899. The molecule has 1 aliphatic rings. The Morgan fingerprint density at radius 1 is 0.938 bits per heavy atom. The normalized spacial score (nSPS) is 15.7. The fourth-order valence-electron chi connectivity index (χ4n) is 3.89. The van der Waals surface area contributed by atoms with E-state index in [0.29, 0.717) is 6.54 Å². The molecule has 2 aromatic carbocycles. The minimum absolute atomic E-state index is 0. The number of ether oxygens (including phenoxy) is 1. The van der Waals surface area contributed by atoms with Gasteiger partial charge >= 0.3 is 0 Å². The number of benzene rings is 2. The van der Waals surface area contributed by atoms with Gasteiger partial charge in [0, 0.05) is 29.7 Å². The van der Waals surface area contributed by atoms with E-state index in [2.05, 4.69) is 35.9 Å². The summed E-state index contributed by atoms with van der Waals surface area (Å²) in [5.41, 5.74) is 1.52. The van der Waals surface area contributed by atoms with Crippen LogP contribution in [-0.4, -0.2) is 30.1 Å². The van der Waals surface area contributed by atoms with E-state index in [9.17, 15) is 4.79 Å². The van der Waals surface area contributed by atoms with Gasteiger partial charge in [-0.15, -0.1) is 24.8 Å². The van der Waals surface area contributed by atoms with E-state index in [1.54, 1.807) is 0 Å². The lowest BCUT2D eigenvalue weighted by Gasteiger charge is -2.27. The molecular weight excluding hydrogens is 445 g/mol. The molecule has 0 aromatic heterocycles. The van der Waals surface area contributed by atoms with Gasteiger partial charge in [-0.1, -0.05) is 36.4 Å². The average Bonchev–Trinajstić information content (AvgIpc) is 2.92. The number of para-hydroxylation sites is 1. The molecule has 0 fully saturated rings. The van der Waals surface area contributed by atoms with Gasteiger partial charge in [0.1, 0.15) is 11.5 Å². The lowest BCUT2D eigenvalue weighted by atomic mass is 9.96. The highest BCUT2D eigenvalue weighted by molar-refractivity contribution is 5.96. The lowest BCUT2D eigenvalue weighted by molar-refractivity contribution is -0.118. The summed E-state index contributed by atoms with van der Waals surface area (Å²) < 4.78 is 5.88. The highest BCUT2D eigenvalue weighted by atomic mass is 35.5. The molecule has 2 aromatic rings. The zero-order valence-corrected chi connectivity index (χ0v) is 20.9. The highest BCUT2D eigenvalue weighted by Gasteiger charge is 2.39. The molecule has 1 heterocycles. The summed E-state index contributed by atoms with van der Waals surface area (Å²) in [5.74, 6) is 1.68. The van der Waals surface area contributed by atoms with Crippen molar-refractivity contribution in [1.82, 2.24) is 16.0 Å². The number of carbonyl (C=O) groups is 1. The zero-order chi connectivity index (χ0) is 21.6. The minimum atomic E-state index is -0.307. The Morgan fingerprint density at radius 2 is 1.62 bits per heavy atom. The summed E-state index contributed by atoms with van der Waals surface area (Å²) in [6, 6.07) is 17.9. The first-order valence-corrected chi connectivity index (χ1v) is 10.6. The van der Waals surface area contributed by atoms with E-state index in [1.165, 1.54) is 5.56 Å². The van der Waals surface area contributed by atoms with Crippen molar-refractivity contribution < 1.29 is 9.53 Å². The largest absolute Gasteiger partial charge is 0.457 e. The molecule has 0 saturated carbocycles. The fraction of sp³-hybridized carbons (Fsp3) is 0.400. The molecular formula is C25H35Cl2N3O2. The topological polar surface area (TPSA) is 62.4 Å². The Morgan fingerprint density at radius 3 is 2.28 bits per heavy atom. The number of carbonyl (C=O) groups excluding carboxylic acids is 1. The molecule has 0 spiro atoms. The second-order valence-corrected chi connectivity index (χ2v) is 8.88. The van der Waals surface area contributed by atoms with E-state index < -0.39 is 0 Å². The quantitative estimate of drug-likeness (QED) is 0.442. The van der Waals surface area contributed by atoms with Gasteiger partial charge in [0.25, 0.3) is 0 Å². The molecule has 1 amide bonds. The third-order valence-corrected chi connectivity index (χ3v) is 5.08. The number of rotatable bonds is 9. The molecule has 0 radical (unpaired) electrons. The van der Waals surface area contributed by atoms with Crippen LogP contribution in [0.25, 0.3) is 0 Å². The molecule has 0 aliphatic carbocycles. The Balaban J connectivity index is 0.00000256. The fourth-order valence-corrected chi connectivity index (χ4v) is 3.89. The van der Waals surface area contributed by atoms with Crippen LogP contribution in [0.15, 0.2) is 66.2 Å². The van der Waals surface area contributed by atoms with Crippen LogP contribution < -0.4 is 20.7 Å². The maximum Gasteiger partial charge on any atom is 0.248 e. The standard InChI is InChI=1S/C25H33N3O2.2ClH/c1-24(2)17-22(25(3,4)28-24)23(29)27-15-9-14-26-18-19-10-8-13-21(16-19)30-20-11-6-5-7-12-20;;/h5-8,10-13,16-17,26,28H,9,14-15,18H2,1-4H3,(H,27,29);2*1H. The highest BCUT2D eigenvalue weighted by Crippen LogP contribution is 2.29. The number of hydrogen-bond donors (Lipinski definition) is 3. The molecule has 7 heteroatoms. The summed E-state index contributed by atoms with van der Waals surface area (Å²) in [7, 11) is 0. The van der Waals surface area contributed by atoms with Crippen molar-refractivity contribution in [2.75, 3.05) is 13.1 Å². The molecule has 0 saturated heterocycles. The maximum absolute atomic E-state index is 12.5. The van der Waals surface area contributed by atoms with Gasteiger partial charge < -0.3 is 15.4 Å². The van der Waals surface area contributed by atoms with Gasteiger partial charge in [-0.25, -0.2) is 0 Å². The first kappa shape index (κ1) is 28.0. The average molecular weight is 480 g/mol. The van der Waals surface area contributed by atoms with Gasteiger partial charge in [-0.05, 0) is 70.5 Å². The van der Waals surface area contributed by atoms with Crippen LogP contribution >= 0.6 is 24.8 Å². The van der Waals surface area contributed by atoms with E-state index in [0.717, 1.165) is 36.6 Å². The molecule has 3 rings (SSSR count). The SMILES string of the molecule is CC1(C)C=C(C(=O)NCCCNCc2cccc(Oc3ccccc3)c2)C(C)(C)N1.Cl.Cl. The van der Waals surface area contributed by atoms with Crippen molar-refractivity contribution in [3.63, 3.8) is 0 Å². The number of nitrogens with one attached hydrogen (secondary N) is 3. The summed E-state index contributed by atoms with van der Waals surface area (Å²) in [5, 5.41) is 9.95. The monoisotopic (exact) mass is 479 g/mol. The van der Waals surface area contributed by atoms with E-state index >= 15 is 0 Å². The van der Waals surface area contributed by atoms with E-state index in [-0.39, 0.29) is 41.8 Å². The predicted molar refractivity (Wildman–Crippen MR) is 136 cm³/mol. The predicted octanol–water partition coefficient (Wildman–Crippen LogP) is 5.01. The molecule has 3 N–H and O–H groups in total.